The SMILES string of the molecule is CC1(C)[C@@]2(C(=O)NCc3cccnc3)CC[C@@]1(C(Br)Br)[C@@H]2Br. The number of hydrogen-bond donors (Lipinski definition) is 1. The lowest BCUT2D eigenvalue weighted by Crippen LogP contribution is -2.72. The molecule has 1 heterocycles. The summed E-state index contributed by atoms with van der Waals surface area (Å²) >= 11 is 11.3. The molecule has 4 rings (SSSR count). The molecule has 0 radical (unpaired) electrons. The fourth-order valence-corrected chi connectivity index (χ4v) is 9.46. The second-order valence-electron chi connectivity index (χ2n) is 6.84. The Bertz CT molecular complexity index is 592. The van der Waals surface area contributed by atoms with Gasteiger partial charge in [-0.3, -0.25) is 9.78 Å². The maximum absolute atomic E-state index is 13.0. The molecule has 0 spiro atoms. The minimum absolute atomic E-state index is 0.0646. The van der Waals surface area contributed by atoms with Crippen molar-refractivity contribution in [3.63, 3.8) is 0 Å². The van der Waals surface area contributed by atoms with Crippen LogP contribution in [0.2, 0.25) is 0 Å². The van der Waals surface area contributed by atoms with Crippen molar-refractivity contribution in [1.82, 2.24) is 10.3 Å². The van der Waals surface area contributed by atoms with Gasteiger partial charge in [0.2, 0.25) is 5.91 Å². The number of nitrogens with one attached hydrogen (secondary N) is 1. The quantitative estimate of drug-likeness (QED) is 0.631. The number of pyridine rings is 1. The number of amides is 1. The first-order valence-corrected chi connectivity index (χ1v) is 10.1. The fourth-order valence-electron chi connectivity index (χ4n) is 4.54. The minimum Gasteiger partial charge on any atom is -0.351 e. The molecule has 1 aromatic rings. The van der Waals surface area contributed by atoms with E-state index < -0.39 is 0 Å². The molecule has 2 bridgehead atoms. The third-order valence-corrected chi connectivity index (χ3v) is 9.30. The summed E-state index contributed by atoms with van der Waals surface area (Å²) in [5, 5.41) is 3.12. The Morgan fingerprint density at radius 3 is 2.68 bits per heavy atom. The van der Waals surface area contributed by atoms with Gasteiger partial charge in [-0.15, -0.1) is 0 Å². The average molecular weight is 495 g/mol. The Balaban J connectivity index is 1.79. The molecule has 120 valence electrons. The molecule has 3 aliphatic rings. The van der Waals surface area contributed by atoms with Gasteiger partial charge in [0, 0.05) is 29.2 Å². The predicted octanol–water partition coefficient (Wildman–Crippen LogP) is 4.38. The monoisotopic (exact) mass is 492 g/mol. The second-order valence-corrected chi connectivity index (χ2v) is 10.8. The summed E-state index contributed by atoms with van der Waals surface area (Å²) in [5.74, 6) is 0.150. The highest BCUT2D eigenvalue weighted by atomic mass is 79.9. The van der Waals surface area contributed by atoms with Crippen LogP contribution in [-0.2, 0) is 11.3 Å². The fraction of sp³-hybridized carbons (Fsp3) is 0.625. The van der Waals surface area contributed by atoms with Gasteiger partial charge in [0.05, 0.1) is 9.15 Å². The number of rotatable bonds is 4. The Morgan fingerprint density at radius 1 is 1.45 bits per heavy atom. The van der Waals surface area contributed by atoms with Crippen LogP contribution in [0.5, 0.6) is 0 Å². The molecule has 0 aliphatic heterocycles. The Labute approximate surface area is 156 Å². The number of alkyl halides is 3. The normalized spacial score (nSPS) is 35.3. The van der Waals surface area contributed by atoms with Crippen molar-refractivity contribution in [2.24, 2.45) is 16.2 Å². The van der Waals surface area contributed by atoms with Crippen molar-refractivity contribution in [1.29, 1.82) is 0 Å². The van der Waals surface area contributed by atoms with Gasteiger partial charge >= 0.3 is 0 Å². The van der Waals surface area contributed by atoms with Crippen molar-refractivity contribution in [3.8, 4) is 0 Å². The number of hydrogen-bond acceptors (Lipinski definition) is 2. The highest BCUT2D eigenvalue weighted by Crippen LogP contribution is 2.82. The molecule has 1 aromatic heterocycles. The van der Waals surface area contributed by atoms with E-state index in [1.165, 1.54) is 0 Å². The van der Waals surface area contributed by atoms with Crippen LogP contribution >= 0.6 is 47.8 Å². The van der Waals surface area contributed by atoms with E-state index >= 15 is 0 Å². The zero-order valence-corrected chi connectivity index (χ0v) is 17.3. The van der Waals surface area contributed by atoms with Crippen LogP contribution in [0.15, 0.2) is 24.5 Å². The molecule has 0 aromatic carbocycles. The van der Waals surface area contributed by atoms with Gasteiger partial charge in [0.15, 0.2) is 0 Å². The maximum Gasteiger partial charge on any atom is 0.228 e. The molecule has 3 saturated carbocycles. The summed E-state index contributed by atoms with van der Waals surface area (Å²) in [6.07, 6.45) is 5.49. The standard InChI is InChI=1S/C16H19Br3N2O/c1-14(2)15(12(18)19)5-6-16(14,11(15)17)13(22)21-9-10-4-3-7-20-8-10/h3-4,7-8,11-12H,5-6,9H2,1-2H3,(H,21,22)/t11-,15-,16-/m0/s1. The number of aromatic nitrogens is 1. The van der Waals surface area contributed by atoms with Crippen LogP contribution in [0, 0.1) is 16.2 Å². The number of nitrogens with zero attached hydrogens (tertiary/aromatic N) is 1. The lowest BCUT2D eigenvalue weighted by Gasteiger charge is -2.66. The van der Waals surface area contributed by atoms with Crippen LogP contribution in [0.4, 0.5) is 0 Å². The molecular formula is C16H19Br3N2O. The summed E-state index contributed by atoms with van der Waals surface area (Å²) in [6, 6.07) is 3.87. The zero-order valence-electron chi connectivity index (χ0n) is 12.6. The van der Waals surface area contributed by atoms with Gasteiger partial charge < -0.3 is 5.32 Å². The topological polar surface area (TPSA) is 42.0 Å². The van der Waals surface area contributed by atoms with Crippen molar-refractivity contribution in [2.75, 3.05) is 0 Å². The number of halogens is 3. The third-order valence-electron chi connectivity index (χ3n) is 6.07. The van der Waals surface area contributed by atoms with E-state index in [0.29, 0.717) is 6.54 Å². The van der Waals surface area contributed by atoms with Crippen molar-refractivity contribution in [3.05, 3.63) is 30.1 Å². The summed E-state index contributed by atoms with van der Waals surface area (Å²) in [4.78, 5) is 17.2. The van der Waals surface area contributed by atoms with Gasteiger partial charge in [-0.1, -0.05) is 67.7 Å². The van der Waals surface area contributed by atoms with Crippen molar-refractivity contribution in [2.45, 2.75) is 41.8 Å². The molecule has 1 N–H and O–H groups in total. The molecule has 1 amide bonds. The van der Waals surface area contributed by atoms with Gasteiger partial charge in [0.1, 0.15) is 0 Å². The Kier molecular flexibility index (Phi) is 4.27. The molecule has 0 unspecified atom stereocenters. The van der Waals surface area contributed by atoms with Crippen LogP contribution in [0.3, 0.4) is 0 Å². The molecule has 3 atom stereocenters. The largest absolute Gasteiger partial charge is 0.351 e. The smallest absolute Gasteiger partial charge is 0.228 e. The van der Waals surface area contributed by atoms with E-state index in [1.807, 2.05) is 12.1 Å². The summed E-state index contributed by atoms with van der Waals surface area (Å²) in [7, 11) is 0. The van der Waals surface area contributed by atoms with Crippen LogP contribution in [0.1, 0.15) is 32.3 Å². The van der Waals surface area contributed by atoms with Gasteiger partial charge in [-0.2, -0.15) is 0 Å². The minimum atomic E-state index is -0.338. The number of carbonyl (C=O) groups excluding carboxylic acids is 1. The average Bonchev–Trinajstić information content (AvgIpc) is 2.95. The van der Waals surface area contributed by atoms with Crippen LogP contribution < -0.4 is 5.32 Å². The summed E-state index contributed by atoms with van der Waals surface area (Å²) in [5.41, 5.74) is 0.692. The Morgan fingerprint density at radius 2 is 2.18 bits per heavy atom. The zero-order chi connectivity index (χ0) is 16.2. The first-order valence-electron chi connectivity index (χ1n) is 7.40. The predicted molar refractivity (Wildman–Crippen MR) is 98.3 cm³/mol. The first kappa shape index (κ1) is 16.9. The van der Waals surface area contributed by atoms with Gasteiger partial charge in [0.25, 0.3) is 0 Å². The second kappa shape index (κ2) is 5.55. The van der Waals surface area contributed by atoms with Gasteiger partial charge in [-0.25, -0.2) is 0 Å². The molecule has 3 fully saturated rings. The highest BCUT2D eigenvalue weighted by molar-refractivity contribution is 9.24. The van der Waals surface area contributed by atoms with E-state index in [1.54, 1.807) is 12.4 Å². The van der Waals surface area contributed by atoms with E-state index in [4.69, 9.17) is 0 Å². The molecule has 22 heavy (non-hydrogen) atoms. The van der Waals surface area contributed by atoms with E-state index in [2.05, 4.69) is 71.9 Å². The lowest BCUT2D eigenvalue weighted by molar-refractivity contribution is -0.161. The van der Waals surface area contributed by atoms with Crippen LogP contribution in [0.25, 0.3) is 0 Å². The van der Waals surface area contributed by atoms with E-state index in [9.17, 15) is 4.79 Å². The molecule has 3 nitrogen and oxygen atoms in total. The lowest BCUT2D eigenvalue weighted by atomic mass is 9.43. The molecule has 3 aliphatic carbocycles. The van der Waals surface area contributed by atoms with Crippen LogP contribution in [-0.4, -0.2) is 19.5 Å². The number of carbonyl (C=O) groups is 1. The third kappa shape index (κ3) is 1.89. The summed E-state index contributed by atoms with van der Waals surface area (Å²) in [6.45, 7) is 4.97. The highest BCUT2D eigenvalue weighted by Gasteiger charge is 2.83. The van der Waals surface area contributed by atoms with Gasteiger partial charge in [-0.05, 0) is 29.9 Å². The van der Waals surface area contributed by atoms with E-state index in [-0.39, 0.29) is 30.7 Å². The van der Waals surface area contributed by atoms with Crippen molar-refractivity contribution < 1.29 is 4.79 Å². The van der Waals surface area contributed by atoms with Crippen molar-refractivity contribution >= 4 is 53.7 Å². The number of fused-ring (bicyclic) bond motifs is 1. The Hall–Kier alpha value is 0.0600. The molecule has 6 heteroatoms. The molecular weight excluding hydrogens is 476 g/mol. The molecule has 0 saturated heterocycles. The van der Waals surface area contributed by atoms with E-state index in [0.717, 1.165) is 18.4 Å². The maximum atomic E-state index is 13.0. The summed E-state index contributed by atoms with van der Waals surface area (Å²) < 4.78 is 0.202. The first-order chi connectivity index (χ1) is 10.3.